The summed E-state index contributed by atoms with van der Waals surface area (Å²) in [6.45, 7) is 4.85. The van der Waals surface area contributed by atoms with Gasteiger partial charge < -0.3 is 20.1 Å². The van der Waals surface area contributed by atoms with E-state index in [9.17, 15) is 14.3 Å². The number of hydrogen-bond donors (Lipinski definition) is 2. The van der Waals surface area contributed by atoms with Crippen LogP contribution in [0.15, 0.2) is 60.8 Å². The maximum absolute atomic E-state index is 12.7. The molecule has 0 aromatic carbocycles. The number of hydrogen-bond acceptors (Lipinski definition) is 7. The van der Waals surface area contributed by atoms with Gasteiger partial charge in [0.15, 0.2) is 0 Å². The lowest BCUT2D eigenvalue weighted by atomic mass is 10.0. The van der Waals surface area contributed by atoms with Crippen LogP contribution < -0.4 is 5.73 Å². The maximum atomic E-state index is 12.7. The lowest BCUT2D eigenvalue weighted by Crippen LogP contribution is -2.28. The van der Waals surface area contributed by atoms with Crippen LogP contribution in [0.1, 0.15) is 277 Å². The standard InChI is InChI=1S/C60H112NO7P/c1-3-5-7-9-11-13-15-17-19-21-23-25-27-29-31-33-35-37-39-41-43-45-47-49-51-53-60(62)68-59(58-67-69(63,64)66-56-54-61)57-65-55-52-50-48-46-44-42-40-38-36-34-32-30-28-26-24-22-20-18-16-14-12-10-8-6-4-2/h5,7,11,13,17,19,23,25,29,31,59H,3-4,6,8-10,12,14-16,18,20-22,24,26-28,30,32-58,61H2,1-2H3,(H,63,64)/b7-5-,13-11-,19-17-,25-23-,31-29-. The van der Waals surface area contributed by atoms with Crippen LogP contribution in [0.2, 0.25) is 0 Å². The van der Waals surface area contributed by atoms with Crippen molar-refractivity contribution in [2.75, 3.05) is 33.0 Å². The van der Waals surface area contributed by atoms with E-state index in [2.05, 4.69) is 74.6 Å². The molecule has 0 amide bonds. The first kappa shape index (κ1) is 67.2. The summed E-state index contributed by atoms with van der Waals surface area (Å²) in [5.74, 6) is -0.333. The second-order valence-electron chi connectivity index (χ2n) is 19.5. The Kier molecular flexibility index (Phi) is 55.6. The van der Waals surface area contributed by atoms with E-state index in [0.29, 0.717) is 13.0 Å². The fraction of sp³-hybridized carbons (Fsp3) is 0.817. The molecule has 0 rings (SSSR count). The Balaban J connectivity index is 3.88. The quantitative estimate of drug-likeness (QED) is 0.0268. The summed E-state index contributed by atoms with van der Waals surface area (Å²) in [6, 6.07) is 0. The van der Waals surface area contributed by atoms with Crippen molar-refractivity contribution in [3.8, 4) is 0 Å². The minimum absolute atomic E-state index is 0.0971. The van der Waals surface area contributed by atoms with Gasteiger partial charge in [-0.05, 0) is 57.8 Å². The molecule has 404 valence electrons. The highest BCUT2D eigenvalue weighted by molar-refractivity contribution is 7.47. The number of esters is 1. The molecule has 2 atom stereocenters. The first-order valence-electron chi connectivity index (χ1n) is 29.3. The number of allylic oxidation sites excluding steroid dienone is 10. The van der Waals surface area contributed by atoms with Gasteiger partial charge in [0.05, 0.1) is 19.8 Å². The SMILES string of the molecule is CC/C=C\C/C=C\C/C=C\C/C=C\C/C=C\CCCCCCCCCCCC(=O)OC(COCCCCCCCCCCCCCCCCCCCCCCCCCCC)COP(=O)(O)OCCN. The molecule has 3 N–H and O–H groups in total. The Morgan fingerprint density at radius 1 is 0.449 bits per heavy atom. The van der Waals surface area contributed by atoms with Gasteiger partial charge in [-0.15, -0.1) is 0 Å². The van der Waals surface area contributed by atoms with Crippen molar-refractivity contribution in [1.29, 1.82) is 0 Å². The van der Waals surface area contributed by atoms with Gasteiger partial charge >= 0.3 is 13.8 Å². The largest absolute Gasteiger partial charge is 0.472 e. The minimum atomic E-state index is -4.29. The highest BCUT2D eigenvalue weighted by Crippen LogP contribution is 2.43. The molecular weight excluding hydrogens is 878 g/mol. The number of nitrogens with two attached hydrogens (primary N) is 1. The summed E-state index contributed by atoms with van der Waals surface area (Å²) in [5, 5.41) is 0. The number of rotatable bonds is 56. The predicted octanol–water partition coefficient (Wildman–Crippen LogP) is 18.8. The van der Waals surface area contributed by atoms with E-state index in [4.69, 9.17) is 24.3 Å². The number of ether oxygens (including phenoxy) is 2. The molecule has 0 aliphatic rings. The first-order chi connectivity index (χ1) is 33.9. The van der Waals surface area contributed by atoms with Crippen molar-refractivity contribution >= 4 is 13.8 Å². The van der Waals surface area contributed by atoms with Gasteiger partial charge in [0, 0.05) is 19.6 Å². The molecule has 0 aliphatic heterocycles. The normalized spacial score (nSPS) is 13.6. The molecular formula is C60H112NO7P. The summed E-state index contributed by atoms with van der Waals surface area (Å²) in [6.07, 6.45) is 72.8. The van der Waals surface area contributed by atoms with Crippen molar-refractivity contribution < 1.29 is 32.8 Å². The van der Waals surface area contributed by atoms with Gasteiger partial charge in [-0.3, -0.25) is 13.8 Å². The molecule has 0 saturated heterocycles. The molecule has 0 fully saturated rings. The topological polar surface area (TPSA) is 117 Å². The number of carbonyl (C=O) groups excluding carboxylic acids is 1. The number of phosphoric ester groups is 1. The molecule has 0 bridgehead atoms. The molecule has 0 saturated carbocycles. The summed E-state index contributed by atoms with van der Waals surface area (Å²) >= 11 is 0. The van der Waals surface area contributed by atoms with Crippen molar-refractivity contribution in [1.82, 2.24) is 0 Å². The number of phosphoric acid groups is 1. The van der Waals surface area contributed by atoms with Crippen LogP contribution in [0.25, 0.3) is 0 Å². The fourth-order valence-electron chi connectivity index (χ4n) is 8.44. The van der Waals surface area contributed by atoms with Crippen LogP contribution in [0.5, 0.6) is 0 Å². The van der Waals surface area contributed by atoms with Crippen LogP contribution in [0.4, 0.5) is 0 Å². The average molecular weight is 991 g/mol. The van der Waals surface area contributed by atoms with E-state index >= 15 is 0 Å². The zero-order chi connectivity index (χ0) is 50.1. The maximum Gasteiger partial charge on any atom is 0.472 e. The van der Waals surface area contributed by atoms with Crippen LogP contribution in [0.3, 0.4) is 0 Å². The monoisotopic (exact) mass is 990 g/mol. The molecule has 0 spiro atoms. The Hall–Kier alpha value is -1.80. The second-order valence-corrected chi connectivity index (χ2v) is 20.9. The molecule has 9 heteroatoms. The van der Waals surface area contributed by atoms with Gasteiger partial charge in [-0.1, -0.05) is 274 Å². The van der Waals surface area contributed by atoms with Gasteiger partial charge in [-0.25, -0.2) is 4.57 Å². The highest BCUT2D eigenvalue weighted by atomic mass is 31.2. The highest BCUT2D eigenvalue weighted by Gasteiger charge is 2.25. The van der Waals surface area contributed by atoms with Crippen molar-refractivity contribution in [2.45, 2.75) is 283 Å². The van der Waals surface area contributed by atoms with Gasteiger partial charge in [0.2, 0.25) is 0 Å². The molecule has 2 unspecified atom stereocenters. The van der Waals surface area contributed by atoms with Crippen LogP contribution >= 0.6 is 7.82 Å². The zero-order valence-corrected chi connectivity index (χ0v) is 46.2. The molecule has 0 aromatic heterocycles. The fourth-order valence-corrected chi connectivity index (χ4v) is 9.20. The Morgan fingerprint density at radius 3 is 1.22 bits per heavy atom. The van der Waals surface area contributed by atoms with E-state index in [1.54, 1.807) is 0 Å². The number of unbranched alkanes of at least 4 members (excludes halogenated alkanes) is 33. The van der Waals surface area contributed by atoms with Gasteiger partial charge in [-0.2, -0.15) is 0 Å². The van der Waals surface area contributed by atoms with Gasteiger partial charge in [0.1, 0.15) is 6.10 Å². The Bertz CT molecular complexity index is 1250. The smallest absolute Gasteiger partial charge is 0.457 e. The van der Waals surface area contributed by atoms with E-state index < -0.39 is 13.9 Å². The molecule has 0 heterocycles. The van der Waals surface area contributed by atoms with Crippen LogP contribution in [-0.2, 0) is 27.9 Å². The summed E-state index contributed by atoms with van der Waals surface area (Å²) in [7, 11) is -4.29. The summed E-state index contributed by atoms with van der Waals surface area (Å²) in [4.78, 5) is 22.7. The zero-order valence-electron chi connectivity index (χ0n) is 45.3. The third-order valence-electron chi connectivity index (χ3n) is 12.7. The van der Waals surface area contributed by atoms with Gasteiger partial charge in [0.25, 0.3) is 0 Å². The summed E-state index contributed by atoms with van der Waals surface area (Å²) in [5.41, 5.74) is 5.41. The lowest BCUT2D eigenvalue weighted by molar-refractivity contribution is -0.154. The predicted molar refractivity (Wildman–Crippen MR) is 298 cm³/mol. The van der Waals surface area contributed by atoms with E-state index in [1.807, 2.05) is 0 Å². The van der Waals surface area contributed by atoms with E-state index in [-0.39, 0.29) is 32.3 Å². The first-order valence-corrected chi connectivity index (χ1v) is 30.8. The minimum Gasteiger partial charge on any atom is -0.457 e. The molecule has 0 aromatic rings. The third kappa shape index (κ3) is 57.0. The lowest BCUT2D eigenvalue weighted by Gasteiger charge is -2.20. The summed E-state index contributed by atoms with van der Waals surface area (Å²) < 4.78 is 33.7. The molecule has 0 radical (unpaired) electrons. The average Bonchev–Trinajstić information content (AvgIpc) is 3.34. The Labute approximate surface area is 427 Å². The second kappa shape index (κ2) is 57.1. The van der Waals surface area contributed by atoms with Crippen molar-refractivity contribution in [3.05, 3.63) is 60.8 Å². The van der Waals surface area contributed by atoms with Crippen molar-refractivity contribution in [2.24, 2.45) is 5.73 Å². The molecule has 0 aliphatic carbocycles. The van der Waals surface area contributed by atoms with Crippen molar-refractivity contribution in [3.63, 3.8) is 0 Å². The molecule has 8 nitrogen and oxygen atoms in total. The van der Waals surface area contributed by atoms with E-state index in [0.717, 1.165) is 70.6 Å². The van der Waals surface area contributed by atoms with Crippen LogP contribution in [0, 0.1) is 0 Å². The third-order valence-corrected chi connectivity index (χ3v) is 13.7. The van der Waals surface area contributed by atoms with E-state index in [1.165, 1.54) is 186 Å². The van der Waals surface area contributed by atoms with Crippen LogP contribution in [-0.4, -0.2) is 49.9 Å². The molecule has 69 heavy (non-hydrogen) atoms. The number of carbonyl (C=O) groups is 1. The Morgan fingerprint density at radius 2 is 0.812 bits per heavy atom.